The van der Waals surface area contributed by atoms with Crippen molar-refractivity contribution in [2.75, 3.05) is 13.2 Å². The molecule has 90 valence electrons. The average Bonchev–Trinajstić information content (AvgIpc) is 2.70. The van der Waals surface area contributed by atoms with E-state index < -0.39 is 0 Å². The molecule has 2 rings (SSSR count). The van der Waals surface area contributed by atoms with Gasteiger partial charge < -0.3 is 9.84 Å². The number of aromatic nitrogens is 2. The van der Waals surface area contributed by atoms with Crippen LogP contribution in [0.4, 0.5) is 0 Å². The lowest BCUT2D eigenvalue weighted by atomic mass is 9.94. The lowest BCUT2D eigenvalue weighted by Gasteiger charge is -2.27. The van der Waals surface area contributed by atoms with Gasteiger partial charge in [0.05, 0.1) is 18.4 Å². The van der Waals surface area contributed by atoms with Gasteiger partial charge in [0.15, 0.2) is 0 Å². The zero-order chi connectivity index (χ0) is 11.5. The summed E-state index contributed by atoms with van der Waals surface area (Å²) < 4.78 is 7.33. The van der Waals surface area contributed by atoms with Crippen molar-refractivity contribution in [1.29, 1.82) is 0 Å². The van der Waals surface area contributed by atoms with E-state index in [9.17, 15) is 5.11 Å². The molecule has 1 saturated heterocycles. The van der Waals surface area contributed by atoms with Crippen molar-refractivity contribution in [2.24, 2.45) is 5.92 Å². The Hall–Kier alpha value is -0.870. The minimum Gasteiger partial charge on any atom is -0.393 e. The van der Waals surface area contributed by atoms with E-state index in [0.717, 1.165) is 18.5 Å². The maximum Gasteiger partial charge on any atom is 0.0629 e. The van der Waals surface area contributed by atoms with E-state index in [2.05, 4.69) is 18.9 Å². The van der Waals surface area contributed by atoms with Crippen LogP contribution < -0.4 is 0 Å². The highest BCUT2D eigenvalue weighted by atomic mass is 16.5. The Labute approximate surface area is 96.2 Å². The van der Waals surface area contributed by atoms with Crippen LogP contribution in [0.3, 0.4) is 0 Å². The monoisotopic (exact) mass is 224 g/mol. The molecule has 0 radical (unpaired) electrons. The Bertz CT molecular complexity index is 336. The summed E-state index contributed by atoms with van der Waals surface area (Å²) in [5.74, 6) is 0.198. The summed E-state index contributed by atoms with van der Waals surface area (Å²) in [4.78, 5) is 0. The van der Waals surface area contributed by atoms with Gasteiger partial charge in [0, 0.05) is 24.8 Å². The smallest absolute Gasteiger partial charge is 0.0629 e. The predicted molar refractivity (Wildman–Crippen MR) is 61.2 cm³/mol. The normalized spacial score (nSPS) is 26.2. The Kier molecular flexibility index (Phi) is 3.61. The summed E-state index contributed by atoms with van der Waals surface area (Å²) >= 11 is 0. The molecule has 4 nitrogen and oxygen atoms in total. The summed E-state index contributed by atoms with van der Waals surface area (Å²) in [7, 11) is 0. The summed E-state index contributed by atoms with van der Waals surface area (Å²) in [6.07, 6.45) is 3.31. The molecule has 4 heteroatoms. The van der Waals surface area contributed by atoms with E-state index >= 15 is 0 Å². The molecule has 16 heavy (non-hydrogen) atoms. The van der Waals surface area contributed by atoms with Crippen molar-refractivity contribution in [3.63, 3.8) is 0 Å². The number of hydrogen-bond donors (Lipinski definition) is 1. The summed E-state index contributed by atoms with van der Waals surface area (Å²) in [5.41, 5.74) is 1.04. The molecule has 1 aromatic heterocycles. The van der Waals surface area contributed by atoms with Crippen LogP contribution in [0.5, 0.6) is 0 Å². The Morgan fingerprint density at radius 1 is 1.62 bits per heavy atom. The van der Waals surface area contributed by atoms with Gasteiger partial charge >= 0.3 is 0 Å². The number of aliphatic hydroxyl groups excluding tert-OH is 1. The van der Waals surface area contributed by atoms with E-state index in [4.69, 9.17) is 4.74 Å². The fourth-order valence-electron chi connectivity index (χ4n) is 2.02. The van der Waals surface area contributed by atoms with E-state index in [-0.39, 0.29) is 12.0 Å². The van der Waals surface area contributed by atoms with Gasteiger partial charge in [0.1, 0.15) is 0 Å². The van der Waals surface area contributed by atoms with Crippen LogP contribution in [0, 0.1) is 5.92 Å². The van der Waals surface area contributed by atoms with Gasteiger partial charge in [0.25, 0.3) is 0 Å². The average molecular weight is 224 g/mol. The number of rotatable bonds is 3. The number of hydrogen-bond acceptors (Lipinski definition) is 3. The van der Waals surface area contributed by atoms with Crippen LogP contribution in [0.1, 0.15) is 32.0 Å². The first kappa shape index (κ1) is 11.6. The van der Waals surface area contributed by atoms with Gasteiger partial charge in [-0.15, -0.1) is 0 Å². The number of aliphatic hydroxyl groups is 1. The molecule has 2 atom stereocenters. The highest BCUT2D eigenvalue weighted by molar-refractivity contribution is 5.02. The summed E-state index contributed by atoms with van der Waals surface area (Å²) in [5, 5.41) is 14.3. The topological polar surface area (TPSA) is 47.3 Å². The molecule has 1 aliphatic heterocycles. The molecule has 0 spiro atoms. The summed E-state index contributed by atoms with van der Waals surface area (Å²) in [6.45, 7) is 5.54. The lowest BCUT2D eigenvalue weighted by Crippen LogP contribution is -2.33. The summed E-state index contributed by atoms with van der Waals surface area (Å²) in [6, 6.07) is 2.42. The van der Waals surface area contributed by atoms with Crippen molar-refractivity contribution >= 4 is 0 Å². The molecular weight excluding hydrogens is 204 g/mol. The molecule has 0 aliphatic carbocycles. The Morgan fingerprint density at radius 2 is 2.44 bits per heavy atom. The molecule has 2 heterocycles. The van der Waals surface area contributed by atoms with Crippen molar-refractivity contribution in [1.82, 2.24) is 9.78 Å². The second kappa shape index (κ2) is 4.97. The first-order chi connectivity index (χ1) is 7.66. The fraction of sp³-hybridized carbons (Fsp3) is 0.750. The first-order valence-electron chi connectivity index (χ1n) is 5.96. The molecule has 0 saturated carbocycles. The maximum atomic E-state index is 9.83. The van der Waals surface area contributed by atoms with Crippen LogP contribution >= 0.6 is 0 Å². The quantitative estimate of drug-likeness (QED) is 0.844. The molecule has 0 aromatic carbocycles. The third kappa shape index (κ3) is 2.62. The third-order valence-electron chi connectivity index (χ3n) is 3.10. The Morgan fingerprint density at radius 3 is 3.06 bits per heavy atom. The maximum absolute atomic E-state index is 9.83. The van der Waals surface area contributed by atoms with E-state index in [1.165, 1.54) is 0 Å². The van der Waals surface area contributed by atoms with Gasteiger partial charge in [-0.05, 0) is 32.8 Å². The van der Waals surface area contributed by atoms with Gasteiger partial charge in [-0.1, -0.05) is 0 Å². The van der Waals surface area contributed by atoms with Gasteiger partial charge in [-0.2, -0.15) is 5.10 Å². The lowest BCUT2D eigenvalue weighted by molar-refractivity contribution is -0.0354. The van der Waals surface area contributed by atoms with E-state index in [1.54, 1.807) is 0 Å². The van der Waals surface area contributed by atoms with Crippen LogP contribution in [0.2, 0.25) is 0 Å². The van der Waals surface area contributed by atoms with Crippen LogP contribution in [-0.4, -0.2) is 34.2 Å². The molecule has 2 unspecified atom stereocenters. The zero-order valence-electron chi connectivity index (χ0n) is 9.97. The zero-order valence-corrected chi connectivity index (χ0v) is 9.97. The second-order valence-corrected chi connectivity index (χ2v) is 4.78. The molecule has 0 amide bonds. The first-order valence-corrected chi connectivity index (χ1v) is 5.96. The van der Waals surface area contributed by atoms with Crippen molar-refractivity contribution in [3.05, 3.63) is 18.0 Å². The fourth-order valence-corrected chi connectivity index (χ4v) is 2.02. The van der Waals surface area contributed by atoms with E-state index in [1.807, 2.05) is 16.9 Å². The predicted octanol–water partition coefficient (Wildman–Crippen LogP) is 1.40. The molecule has 1 fully saturated rings. The molecule has 1 N–H and O–H groups in total. The standard InChI is InChI=1S/C12H20N2O2/c1-9(2)14-5-3-11(13-14)7-10-8-16-6-4-12(10)15/h3,5,9-10,12,15H,4,6-8H2,1-2H3. The number of ether oxygens (including phenoxy) is 1. The minimum atomic E-state index is -0.238. The largest absolute Gasteiger partial charge is 0.393 e. The van der Waals surface area contributed by atoms with Crippen LogP contribution in [-0.2, 0) is 11.2 Å². The van der Waals surface area contributed by atoms with Crippen molar-refractivity contribution in [3.8, 4) is 0 Å². The molecule has 1 aromatic rings. The molecule has 1 aliphatic rings. The van der Waals surface area contributed by atoms with Gasteiger partial charge in [-0.3, -0.25) is 4.68 Å². The van der Waals surface area contributed by atoms with Crippen LogP contribution in [0.25, 0.3) is 0 Å². The second-order valence-electron chi connectivity index (χ2n) is 4.78. The van der Waals surface area contributed by atoms with Crippen molar-refractivity contribution < 1.29 is 9.84 Å². The van der Waals surface area contributed by atoms with Gasteiger partial charge in [0.2, 0.25) is 0 Å². The minimum absolute atomic E-state index is 0.198. The van der Waals surface area contributed by atoms with E-state index in [0.29, 0.717) is 19.3 Å². The Balaban J connectivity index is 1.97. The molecular formula is C12H20N2O2. The highest BCUT2D eigenvalue weighted by Crippen LogP contribution is 2.19. The highest BCUT2D eigenvalue weighted by Gasteiger charge is 2.24. The van der Waals surface area contributed by atoms with Gasteiger partial charge in [-0.25, -0.2) is 0 Å². The SMILES string of the molecule is CC(C)n1ccc(CC2COCCC2O)n1. The van der Waals surface area contributed by atoms with Crippen LogP contribution in [0.15, 0.2) is 12.3 Å². The third-order valence-corrected chi connectivity index (χ3v) is 3.10. The van der Waals surface area contributed by atoms with Crippen molar-refractivity contribution in [2.45, 2.75) is 38.8 Å². The molecule has 0 bridgehead atoms. The number of nitrogens with zero attached hydrogens (tertiary/aromatic N) is 2.